The minimum atomic E-state index is -0.417. The summed E-state index contributed by atoms with van der Waals surface area (Å²) in [6, 6.07) is 13.8. The summed E-state index contributed by atoms with van der Waals surface area (Å²) in [6.07, 6.45) is 0. The second-order valence-corrected chi connectivity index (χ2v) is 4.91. The highest BCUT2D eigenvalue weighted by atomic mass is 127. The fourth-order valence-electron chi connectivity index (χ4n) is 1.45. The monoisotopic (exact) mass is 353 g/mol. The van der Waals surface area contributed by atoms with Gasteiger partial charge in [0.25, 0.3) is 0 Å². The van der Waals surface area contributed by atoms with Crippen molar-refractivity contribution in [3.63, 3.8) is 0 Å². The van der Waals surface area contributed by atoms with Gasteiger partial charge in [0, 0.05) is 9.13 Å². The second-order valence-electron chi connectivity index (χ2n) is 3.66. The summed E-state index contributed by atoms with van der Waals surface area (Å²) in [5, 5.41) is 8.64. The Balaban J connectivity index is 2.09. The lowest BCUT2D eigenvalue weighted by Crippen LogP contribution is -1.99. The number of hydrogen-bond acceptors (Lipinski definition) is 2. The molecule has 90 valence electrons. The molecule has 2 aromatic rings. The van der Waals surface area contributed by atoms with Crippen molar-refractivity contribution in [2.45, 2.75) is 6.61 Å². The second kappa shape index (κ2) is 5.83. The Morgan fingerprint density at radius 2 is 2.06 bits per heavy atom. The molecule has 0 aliphatic rings. The first-order chi connectivity index (χ1) is 8.69. The molecule has 4 heteroatoms. The van der Waals surface area contributed by atoms with Crippen molar-refractivity contribution in [3.05, 3.63) is 63.0 Å². The summed E-state index contributed by atoms with van der Waals surface area (Å²) < 4.78 is 20.1. The third-order valence-electron chi connectivity index (χ3n) is 2.37. The molecule has 0 N–H and O–H groups in total. The van der Waals surface area contributed by atoms with Crippen LogP contribution in [0, 0.1) is 20.7 Å². The van der Waals surface area contributed by atoms with Gasteiger partial charge in [0.05, 0.1) is 11.6 Å². The van der Waals surface area contributed by atoms with Crippen LogP contribution in [0.25, 0.3) is 0 Å². The van der Waals surface area contributed by atoms with Gasteiger partial charge < -0.3 is 4.74 Å². The third kappa shape index (κ3) is 3.20. The zero-order chi connectivity index (χ0) is 13.0. The maximum absolute atomic E-state index is 13.6. The summed E-state index contributed by atoms with van der Waals surface area (Å²) in [7, 11) is 0. The van der Waals surface area contributed by atoms with E-state index in [4.69, 9.17) is 10.00 Å². The molecule has 0 unspecified atom stereocenters. The van der Waals surface area contributed by atoms with Crippen LogP contribution in [0.2, 0.25) is 0 Å². The first-order valence-corrected chi connectivity index (χ1v) is 6.34. The molecule has 0 spiro atoms. The Bertz CT molecular complexity index is 607. The zero-order valence-corrected chi connectivity index (χ0v) is 11.5. The predicted molar refractivity (Wildman–Crippen MR) is 74.6 cm³/mol. The van der Waals surface area contributed by atoms with E-state index in [0.29, 0.717) is 16.9 Å². The molecule has 0 bridgehead atoms. The molecule has 0 atom stereocenters. The molecule has 0 saturated heterocycles. The Labute approximate surface area is 118 Å². The summed E-state index contributed by atoms with van der Waals surface area (Å²) in [6.45, 7) is 0.150. The van der Waals surface area contributed by atoms with Crippen LogP contribution in [0.1, 0.15) is 11.1 Å². The Morgan fingerprint density at radius 3 is 2.72 bits per heavy atom. The van der Waals surface area contributed by atoms with Crippen LogP contribution in [0.3, 0.4) is 0 Å². The van der Waals surface area contributed by atoms with Gasteiger partial charge in [0.2, 0.25) is 0 Å². The van der Waals surface area contributed by atoms with Gasteiger partial charge >= 0.3 is 0 Å². The molecular weight excluding hydrogens is 344 g/mol. The smallest absolute Gasteiger partial charge is 0.131 e. The number of ether oxygens (including phenoxy) is 1. The van der Waals surface area contributed by atoms with Crippen molar-refractivity contribution >= 4 is 22.6 Å². The maximum atomic E-state index is 13.6. The highest BCUT2D eigenvalue weighted by Gasteiger charge is 2.04. The molecule has 0 fully saturated rings. The summed E-state index contributed by atoms with van der Waals surface area (Å²) in [5.41, 5.74) is 0.748. The van der Waals surface area contributed by atoms with Gasteiger partial charge in [-0.25, -0.2) is 4.39 Å². The normalized spacial score (nSPS) is 9.83. The highest BCUT2D eigenvalue weighted by Crippen LogP contribution is 2.17. The van der Waals surface area contributed by atoms with E-state index >= 15 is 0 Å². The summed E-state index contributed by atoms with van der Waals surface area (Å²) >= 11 is 2.19. The van der Waals surface area contributed by atoms with Gasteiger partial charge in [-0.1, -0.05) is 12.1 Å². The van der Waals surface area contributed by atoms with Crippen LogP contribution in [-0.2, 0) is 6.61 Å². The number of halogens is 2. The average Bonchev–Trinajstić information content (AvgIpc) is 2.37. The molecule has 0 amide bonds. The standard InChI is InChI=1S/C14H9FINO/c15-14-6-10(8-17)4-5-11(14)9-18-13-3-1-2-12(16)7-13/h1-7H,9H2. The predicted octanol–water partition coefficient (Wildman–Crippen LogP) is 3.88. The maximum Gasteiger partial charge on any atom is 0.131 e. The van der Waals surface area contributed by atoms with E-state index in [1.165, 1.54) is 6.07 Å². The van der Waals surface area contributed by atoms with Gasteiger partial charge in [0.1, 0.15) is 18.2 Å². The topological polar surface area (TPSA) is 33.0 Å². The lowest BCUT2D eigenvalue weighted by atomic mass is 10.1. The van der Waals surface area contributed by atoms with E-state index in [2.05, 4.69) is 22.6 Å². The SMILES string of the molecule is N#Cc1ccc(COc2cccc(I)c2)c(F)c1. The number of hydrogen-bond donors (Lipinski definition) is 0. The van der Waals surface area contributed by atoms with Gasteiger partial charge in [-0.05, 0) is 52.9 Å². The molecule has 0 saturated carbocycles. The van der Waals surface area contributed by atoms with E-state index < -0.39 is 5.82 Å². The fraction of sp³-hybridized carbons (Fsp3) is 0.0714. The molecule has 2 nitrogen and oxygen atoms in total. The van der Waals surface area contributed by atoms with E-state index in [-0.39, 0.29) is 6.61 Å². The van der Waals surface area contributed by atoms with Crippen LogP contribution in [0.15, 0.2) is 42.5 Å². The number of rotatable bonds is 3. The summed E-state index contributed by atoms with van der Waals surface area (Å²) in [4.78, 5) is 0. The largest absolute Gasteiger partial charge is 0.489 e. The van der Waals surface area contributed by atoms with Gasteiger partial charge in [0.15, 0.2) is 0 Å². The number of nitrogens with zero attached hydrogens (tertiary/aromatic N) is 1. The average molecular weight is 353 g/mol. The Morgan fingerprint density at radius 1 is 1.22 bits per heavy atom. The van der Waals surface area contributed by atoms with Crippen molar-refractivity contribution in [2.24, 2.45) is 0 Å². The molecule has 0 aliphatic carbocycles. The van der Waals surface area contributed by atoms with Crippen molar-refractivity contribution in [2.75, 3.05) is 0 Å². The van der Waals surface area contributed by atoms with Crippen molar-refractivity contribution in [3.8, 4) is 11.8 Å². The van der Waals surface area contributed by atoms with Gasteiger partial charge in [-0.15, -0.1) is 0 Å². The van der Waals surface area contributed by atoms with E-state index in [9.17, 15) is 4.39 Å². The van der Waals surface area contributed by atoms with Crippen LogP contribution in [-0.4, -0.2) is 0 Å². The first-order valence-electron chi connectivity index (χ1n) is 5.26. The molecule has 2 rings (SSSR count). The lowest BCUT2D eigenvalue weighted by Gasteiger charge is -2.07. The molecule has 18 heavy (non-hydrogen) atoms. The Hall–Kier alpha value is -1.61. The highest BCUT2D eigenvalue weighted by molar-refractivity contribution is 14.1. The minimum Gasteiger partial charge on any atom is -0.489 e. The van der Waals surface area contributed by atoms with Crippen molar-refractivity contribution < 1.29 is 9.13 Å². The van der Waals surface area contributed by atoms with Crippen LogP contribution >= 0.6 is 22.6 Å². The third-order valence-corrected chi connectivity index (χ3v) is 3.04. The Kier molecular flexibility index (Phi) is 4.15. The number of benzene rings is 2. The molecule has 0 radical (unpaired) electrons. The fourth-order valence-corrected chi connectivity index (χ4v) is 1.97. The summed E-state index contributed by atoms with van der Waals surface area (Å²) in [5.74, 6) is 0.283. The molecular formula is C14H9FINO. The van der Waals surface area contributed by atoms with Gasteiger partial charge in [-0.3, -0.25) is 0 Å². The molecule has 0 aliphatic heterocycles. The van der Waals surface area contributed by atoms with Crippen LogP contribution in [0.5, 0.6) is 5.75 Å². The quantitative estimate of drug-likeness (QED) is 0.785. The first kappa shape index (κ1) is 12.8. The minimum absolute atomic E-state index is 0.150. The van der Waals surface area contributed by atoms with Crippen molar-refractivity contribution in [1.29, 1.82) is 5.26 Å². The molecule has 2 aromatic carbocycles. The van der Waals surface area contributed by atoms with Crippen LogP contribution < -0.4 is 4.74 Å². The number of nitriles is 1. The molecule has 0 aromatic heterocycles. The van der Waals surface area contributed by atoms with Gasteiger partial charge in [-0.2, -0.15) is 5.26 Å². The van der Waals surface area contributed by atoms with Crippen molar-refractivity contribution in [1.82, 2.24) is 0 Å². The van der Waals surface area contributed by atoms with E-state index in [0.717, 1.165) is 3.57 Å². The van der Waals surface area contributed by atoms with Crippen LogP contribution in [0.4, 0.5) is 4.39 Å². The van der Waals surface area contributed by atoms with E-state index in [1.807, 2.05) is 30.3 Å². The zero-order valence-electron chi connectivity index (χ0n) is 9.36. The van der Waals surface area contributed by atoms with E-state index in [1.54, 1.807) is 12.1 Å². The lowest BCUT2D eigenvalue weighted by molar-refractivity contribution is 0.299. The molecule has 0 heterocycles.